The standard InChI is InChI=1S/C16H21N3O2/c1-11(20)12-8-9-19(10-12)16(21)7-6-15-17-13-4-2-3-5-14(13)18-15/h2-5,11-12,20H,6-10H2,1H3,(H,17,18). The van der Waals surface area contributed by atoms with Crippen molar-refractivity contribution in [1.29, 1.82) is 0 Å². The van der Waals surface area contributed by atoms with Crippen LogP contribution >= 0.6 is 0 Å². The van der Waals surface area contributed by atoms with E-state index in [2.05, 4.69) is 9.97 Å². The number of hydrogen-bond acceptors (Lipinski definition) is 3. The van der Waals surface area contributed by atoms with Gasteiger partial charge in [-0.15, -0.1) is 0 Å². The Bertz CT molecular complexity index is 602. The maximum Gasteiger partial charge on any atom is 0.223 e. The van der Waals surface area contributed by atoms with Gasteiger partial charge in [0.1, 0.15) is 5.82 Å². The zero-order valence-corrected chi connectivity index (χ0v) is 12.2. The maximum atomic E-state index is 12.2. The number of likely N-dealkylation sites (tertiary alicyclic amines) is 1. The molecular formula is C16H21N3O2. The second-order valence-corrected chi connectivity index (χ2v) is 5.83. The molecule has 2 aromatic rings. The van der Waals surface area contributed by atoms with Gasteiger partial charge in [-0.25, -0.2) is 4.98 Å². The monoisotopic (exact) mass is 287 g/mol. The third-order valence-corrected chi connectivity index (χ3v) is 4.27. The normalized spacial score (nSPS) is 20.1. The van der Waals surface area contributed by atoms with Crippen LogP contribution in [0.4, 0.5) is 0 Å². The van der Waals surface area contributed by atoms with Crippen LogP contribution in [0.15, 0.2) is 24.3 Å². The lowest BCUT2D eigenvalue weighted by atomic mass is 10.0. The smallest absolute Gasteiger partial charge is 0.223 e. The Morgan fingerprint density at radius 1 is 1.52 bits per heavy atom. The lowest BCUT2D eigenvalue weighted by Crippen LogP contribution is -2.30. The number of amides is 1. The molecule has 0 aliphatic carbocycles. The number of imidazole rings is 1. The molecule has 0 radical (unpaired) electrons. The number of aryl methyl sites for hydroxylation is 1. The summed E-state index contributed by atoms with van der Waals surface area (Å²) in [6, 6.07) is 7.88. The minimum atomic E-state index is -0.335. The molecule has 5 nitrogen and oxygen atoms in total. The Morgan fingerprint density at radius 3 is 3.05 bits per heavy atom. The molecule has 21 heavy (non-hydrogen) atoms. The molecule has 0 bridgehead atoms. The van der Waals surface area contributed by atoms with Gasteiger partial charge in [0.15, 0.2) is 0 Å². The second-order valence-electron chi connectivity index (χ2n) is 5.83. The van der Waals surface area contributed by atoms with Crippen molar-refractivity contribution in [3.05, 3.63) is 30.1 Å². The first-order chi connectivity index (χ1) is 10.1. The van der Waals surface area contributed by atoms with Crippen LogP contribution in [-0.2, 0) is 11.2 Å². The molecule has 1 aromatic carbocycles. The summed E-state index contributed by atoms with van der Waals surface area (Å²) >= 11 is 0. The minimum absolute atomic E-state index is 0.151. The highest BCUT2D eigenvalue weighted by Crippen LogP contribution is 2.20. The average Bonchev–Trinajstić information content (AvgIpc) is 3.11. The van der Waals surface area contributed by atoms with Crippen LogP contribution in [0.3, 0.4) is 0 Å². The largest absolute Gasteiger partial charge is 0.393 e. The third kappa shape index (κ3) is 3.08. The zero-order valence-electron chi connectivity index (χ0n) is 12.2. The van der Waals surface area contributed by atoms with E-state index in [0.29, 0.717) is 19.4 Å². The summed E-state index contributed by atoms with van der Waals surface area (Å²) in [5.41, 5.74) is 1.95. The molecule has 1 saturated heterocycles. The zero-order chi connectivity index (χ0) is 14.8. The van der Waals surface area contributed by atoms with Crippen molar-refractivity contribution in [3.63, 3.8) is 0 Å². The number of aromatic amines is 1. The quantitative estimate of drug-likeness (QED) is 0.899. The number of carbonyl (C=O) groups is 1. The maximum absolute atomic E-state index is 12.2. The fourth-order valence-electron chi connectivity index (χ4n) is 2.92. The van der Waals surface area contributed by atoms with Crippen molar-refractivity contribution in [3.8, 4) is 0 Å². The van der Waals surface area contributed by atoms with E-state index in [0.717, 1.165) is 29.8 Å². The summed E-state index contributed by atoms with van der Waals surface area (Å²) in [7, 11) is 0. The highest BCUT2D eigenvalue weighted by Gasteiger charge is 2.28. The molecule has 1 aliphatic heterocycles. The number of aliphatic hydroxyl groups excluding tert-OH is 1. The topological polar surface area (TPSA) is 69.2 Å². The number of fused-ring (bicyclic) bond motifs is 1. The van der Waals surface area contributed by atoms with Crippen molar-refractivity contribution in [2.24, 2.45) is 5.92 Å². The fraction of sp³-hybridized carbons (Fsp3) is 0.500. The Labute approximate surface area is 124 Å². The van der Waals surface area contributed by atoms with E-state index in [1.807, 2.05) is 29.2 Å². The minimum Gasteiger partial charge on any atom is -0.393 e. The van der Waals surface area contributed by atoms with Gasteiger partial charge in [-0.2, -0.15) is 0 Å². The molecule has 5 heteroatoms. The van der Waals surface area contributed by atoms with E-state index >= 15 is 0 Å². The van der Waals surface area contributed by atoms with Crippen molar-refractivity contribution in [1.82, 2.24) is 14.9 Å². The Kier molecular flexibility index (Phi) is 3.92. The van der Waals surface area contributed by atoms with E-state index in [4.69, 9.17) is 0 Å². The van der Waals surface area contributed by atoms with E-state index in [9.17, 15) is 9.90 Å². The number of nitrogens with one attached hydrogen (secondary N) is 1. The van der Waals surface area contributed by atoms with Gasteiger partial charge >= 0.3 is 0 Å². The first-order valence-corrected chi connectivity index (χ1v) is 7.53. The van der Waals surface area contributed by atoms with Crippen molar-refractivity contribution in [2.45, 2.75) is 32.3 Å². The van der Waals surface area contributed by atoms with Crippen LogP contribution in [0.5, 0.6) is 0 Å². The Morgan fingerprint density at radius 2 is 2.33 bits per heavy atom. The molecule has 2 heterocycles. The summed E-state index contributed by atoms with van der Waals surface area (Å²) in [6.07, 6.45) is 1.65. The molecule has 2 N–H and O–H groups in total. The highest BCUT2D eigenvalue weighted by atomic mass is 16.3. The first-order valence-electron chi connectivity index (χ1n) is 7.53. The van der Waals surface area contributed by atoms with Gasteiger partial charge in [-0.05, 0) is 25.5 Å². The number of nitrogens with zero attached hydrogens (tertiary/aromatic N) is 2. The van der Waals surface area contributed by atoms with Crippen LogP contribution in [0.25, 0.3) is 11.0 Å². The predicted molar refractivity (Wildman–Crippen MR) is 80.8 cm³/mol. The molecule has 0 saturated carbocycles. The van der Waals surface area contributed by atoms with Crippen LogP contribution in [0.1, 0.15) is 25.6 Å². The number of H-pyrrole nitrogens is 1. The number of benzene rings is 1. The van der Waals surface area contributed by atoms with Gasteiger partial charge in [0.05, 0.1) is 17.1 Å². The molecule has 1 aliphatic rings. The van der Waals surface area contributed by atoms with Crippen molar-refractivity contribution in [2.75, 3.05) is 13.1 Å². The summed E-state index contributed by atoms with van der Waals surface area (Å²) in [6.45, 7) is 3.23. The highest BCUT2D eigenvalue weighted by molar-refractivity contribution is 5.77. The number of rotatable bonds is 4. The molecule has 2 unspecified atom stereocenters. The molecule has 112 valence electrons. The average molecular weight is 287 g/mol. The summed E-state index contributed by atoms with van der Waals surface area (Å²) in [5, 5.41) is 9.59. The number of hydrogen-bond donors (Lipinski definition) is 2. The van der Waals surface area contributed by atoms with Gasteiger partial charge in [-0.1, -0.05) is 12.1 Å². The number of para-hydroxylation sites is 2. The van der Waals surface area contributed by atoms with Crippen LogP contribution in [-0.4, -0.2) is 45.1 Å². The second kappa shape index (κ2) is 5.85. The van der Waals surface area contributed by atoms with Crippen LogP contribution < -0.4 is 0 Å². The van der Waals surface area contributed by atoms with Gasteiger partial charge in [0, 0.05) is 31.8 Å². The lowest BCUT2D eigenvalue weighted by molar-refractivity contribution is -0.130. The van der Waals surface area contributed by atoms with Crippen LogP contribution in [0.2, 0.25) is 0 Å². The Balaban J connectivity index is 1.56. The van der Waals surface area contributed by atoms with E-state index < -0.39 is 0 Å². The molecule has 1 fully saturated rings. The van der Waals surface area contributed by atoms with E-state index in [-0.39, 0.29) is 17.9 Å². The summed E-state index contributed by atoms with van der Waals surface area (Å²) in [5.74, 6) is 1.23. The molecule has 3 rings (SSSR count). The molecular weight excluding hydrogens is 266 g/mol. The van der Waals surface area contributed by atoms with Crippen molar-refractivity contribution >= 4 is 16.9 Å². The molecule has 1 amide bonds. The lowest BCUT2D eigenvalue weighted by Gasteiger charge is -2.17. The SMILES string of the molecule is CC(O)C1CCN(C(=O)CCc2nc3ccccc3[nH]2)C1. The van der Waals surface area contributed by atoms with E-state index in [1.165, 1.54) is 0 Å². The number of carbonyl (C=O) groups excluding carboxylic acids is 1. The Hall–Kier alpha value is -1.88. The molecule has 0 spiro atoms. The molecule has 2 atom stereocenters. The molecule has 1 aromatic heterocycles. The summed E-state index contributed by atoms with van der Waals surface area (Å²) < 4.78 is 0. The fourth-order valence-corrected chi connectivity index (χ4v) is 2.92. The van der Waals surface area contributed by atoms with Crippen molar-refractivity contribution < 1.29 is 9.90 Å². The van der Waals surface area contributed by atoms with Gasteiger partial charge < -0.3 is 15.0 Å². The number of aliphatic hydroxyl groups is 1. The predicted octanol–water partition coefficient (Wildman–Crippen LogP) is 1.72. The first kappa shape index (κ1) is 14.1. The van der Waals surface area contributed by atoms with Gasteiger partial charge in [0.25, 0.3) is 0 Å². The summed E-state index contributed by atoms with van der Waals surface area (Å²) in [4.78, 5) is 21.8. The van der Waals surface area contributed by atoms with Crippen LogP contribution in [0, 0.1) is 5.92 Å². The number of aromatic nitrogens is 2. The third-order valence-electron chi connectivity index (χ3n) is 4.27. The van der Waals surface area contributed by atoms with Gasteiger partial charge in [-0.3, -0.25) is 4.79 Å². The van der Waals surface area contributed by atoms with Gasteiger partial charge in [0.2, 0.25) is 5.91 Å². The van der Waals surface area contributed by atoms with E-state index in [1.54, 1.807) is 6.92 Å².